The number of fused-ring (bicyclic) bond motifs is 1. The van der Waals surface area contributed by atoms with Crippen LogP contribution >= 0.6 is 0 Å². The summed E-state index contributed by atoms with van der Waals surface area (Å²) in [5.74, 6) is 0. The number of aromatic nitrogens is 1. The number of hydrogen-bond acceptors (Lipinski definition) is 1. The topological polar surface area (TPSA) is 12.9 Å². The molecule has 1 aromatic heterocycles. The fourth-order valence-electron chi connectivity index (χ4n) is 2.25. The van der Waals surface area contributed by atoms with E-state index in [1.165, 1.54) is 34.9 Å². The molecule has 0 saturated carbocycles. The second-order valence-corrected chi connectivity index (χ2v) is 4.27. The van der Waals surface area contributed by atoms with E-state index >= 15 is 0 Å². The van der Waals surface area contributed by atoms with Crippen LogP contribution in [-0.2, 0) is 12.8 Å². The largest absolute Gasteiger partial charge is 0.260 e. The molecule has 0 radical (unpaired) electrons. The van der Waals surface area contributed by atoms with E-state index in [2.05, 4.69) is 43.1 Å². The van der Waals surface area contributed by atoms with E-state index < -0.39 is 0 Å². The lowest BCUT2D eigenvalue weighted by Crippen LogP contribution is -1.98. The van der Waals surface area contributed by atoms with Gasteiger partial charge in [-0.25, -0.2) is 0 Å². The van der Waals surface area contributed by atoms with Crippen LogP contribution in [0.2, 0.25) is 0 Å². The summed E-state index contributed by atoms with van der Waals surface area (Å²) < 4.78 is 0. The second kappa shape index (κ2) is 5.11. The Balaban J connectivity index is 2.58. The first-order valence-electron chi connectivity index (χ1n) is 6.22. The van der Waals surface area contributed by atoms with Gasteiger partial charge in [0.1, 0.15) is 0 Å². The highest BCUT2D eigenvalue weighted by Gasteiger charge is 2.07. The fourth-order valence-corrected chi connectivity index (χ4v) is 2.25. The Hall–Kier alpha value is -1.37. The van der Waals surface area contributed by atoms with Gasteiger partial charge in [0.05, 0.1) is 0 Å². The molecular formula is C15H19N. The van der Waals surface area contributed by atoms with Gasteiger partial charge in [0, 0.05) is 17.3 Å². The Morgan fingerprint density at radius 2 is 1.75 bits per heavy atom. The maximum Gasteiger partial charge on any atom is 0.0441 e. The molecule has 1 heterocycles. The average Bonchev–Trinajstić information content (AvgIpc) is 2.32. The van der Waals surface area contributed by atoms with Crippen molar-refractivity contribution in [1.82, 2.24) is 4.98 Å². The number of rotatable bonds is 4. The molecule has 0 amide bonds. The SMILES string of the molecule is CCCc1ncc2ccccc2c1CCC. The molecule has 0 N–H and O–H groups in total. The van der Waals surface area contributed by atoms with Gasteiger partial charge >= 0.3 is 0 Å². The molecular weight excluding hydrogens is 194 g/mol. The van der Waals surface area contributed by atoms with Gasteiger partial charge in [-0.2, -0.15) is 0 Å². The maximum absolute atomic E-state index is 4.62. The number of nitrogens with zero attached hydrogens (tertiary/aromatic N) is 1. The lowest BCUT2D eigenvalue weighted by Gasteiger charge is -2.10. The van der Waals surface area contributed by atoms with Gasteiger partial charge in [-0.3, -0.25) is 4.98 Å². The number of benzene rings is 1. The van der Waals surface area contributed by atoms with Crippen LogP contribution in [0.5, 0.6) is 0 Å². The average molecular weight is 213 g/mol. The molecule has 84 valence electrons. The second-order valence-electron chi connectivity index (χ2n) is 4.27. The predicted molar refractivity (Wildman–Crippen MR) is 69.7 cm³/mol. The molecule has 0 unspecified atom stereocenters. The van der Waals surface area contributed by atoms with Gasteiger partial charge in [-0.15, -0.1) is 0 Å². The molecule has 0 saturated heterocycles. The third-order valence-electron chi connectivity index (χ3n) is 2.98. The Morgan fingerprint density at radius 3 is 2.50 bits per heavy atom. The Labute approximate surface area is 97.5 Å². The third-order valence-corrected chi connectivity index (χ3v) is 2.98. The molecule has 0 bridgehead atoms. The van der Waals surface area contributed by atoms with Crippen molar-refractivity contribution >= 4 is 10.8 Å². The van der Waals surface area contributed by atoms with E-state index in [9.17, 15) is 0 Å². The van der Waals surface area contributed by atoms with Gasteiger partial charge < -0.3 is 0 Å². The zero-order valence-corrected chi connectivity index (χ0v) is 10.2. The molecule has 1 aromatic carbocycles. The van der Waals surface area contributed by atoms with Crippen LogP contribution in [0.1, 0.15) is 37.9 Å². The summed E-state index contributed by atoms with van der Waals surface area (Å²) in [7, 11) is 0. The first kappa shape index (κ1) is 11.1. The van der Waals surface area contributed by atoms with Crippen molar-refractivity contribution in [3.63, 3.8) is 0 Å². The van der Waals surface area contributed by atoms with Gasteiger partial charge in [0.15, 0.2) is 0 Å². The normalized spacial score (nSPS) is 10.9. The predicted octanol–water partition coefficient (Wildman–Crippen LogP) is 4.14. The van der Waals surface area contributed by atoms with Crippen molar-refractivity contribution in [2.45, 2.75) is 39.5 Å². The molecule has 1 nitrogen and oxygen atoms in total. The Morgan fingerprint density at radius 1 is 1.00 bits per heavy atom. The zero-order chi connectivity index (χ0) is 11.4. The minimum Gasteiger partial charge on any atom is -0.260 e. The quantitative estimate of drug-likeness (QED) is 0.743. The molecule has 2 rings (SSSR count). The molecule has 0 aliphatic carbocycles. The molecule has 0 aliphatic heterocycles. The number of aryl methyl sites for hydroxylation is 2. The van der Waals surface area contributed by atoms with Crippen molar-refractivity contribution < 1.29 is 0 Å². The highest BCUT2D eigenvalue weighted by Crippen LogP contribution is 2.22. The third kappa shape index (κ3) is 2.08. The first-order chi connectivity index (χ1) is 7.86. The van der Waals surface area contributed by atoms with Gasteiger partial charge in [0.25, 0.3) is 0 Å². The van der Waals surface area contributed by atoms with Crippen LogP contribution in [0.15, 0.2) is 30.5 Å². The van der Waals surface area contributed by atoms with E-state index in [-0.39, 0.29) is 0 Å². The summed E-state index contributed by atoms with van der Waals surface area (Å²) in [6.07, 6.45) is 6.61. The van der Waals surface area contributed by atoms with Gasteiger partial charge in [-0.1, -0.05) is 51.0 Å². The summed E-state index contributed by atoms with van der Waals surface area (Å²) in [4.78, 5) is 4.62. The van der Waals surface area contributed by atoms with E-state index in [1.807, 2.05) is 6.20 Å². The summed E-state index contributed by atoms with van der Waals surface area (Å²) in [6, 6.07) is 8.58. The van der Waals surface area contributed by atoms with Crippen molar-refractivity contribution in [3.05, 3.63) is 41.7 Å². The molecule has 1 heteroatoms. The van der Waals surface area contributed by atoms with Crippen LogP contribution in [0.4, 0.5) is 0 Å². The summed E-state index contributed by atoms with van der Waals surface area (Å²) >= 11 is 0. The Kier molecular flexibility index (Phi) is 3.55. The molecule has 0 fully saturated rings. The number of pyridine rings is 1. The van der Waals surface area contributed by atoms with Crippen LogP contribution in [-0.4, -0.2) is 4.98 Å². The van der Waals surface area contributed by atoms with Crippen LogP contribution in [0.3, 0.4) is 0 Å². The lowest BCUT2D eigenvalue weighted by molar-refractivity contribution is 0.836. The lowest BCUT2D eigenvalue weighted by atomic mass is 9.98. The highest BCUT2D eigenvalue weighted by molar-refractivity contribution is 5.85. The maximum atomic E-state index is 4.62. The first-order valence-corrected chi connectivity index (χ1v) is 6.22. The summed E-state index contributed by atoms with van der Waals surface area (Å²) in [6.45, 7) is 4.45. The van der Waals surface area contributed by atoms with Crippen LogP contribution in [0.25, 0.3) is 10.8 Å². The number of hydrogen-bond donors (Lipinski definition) is 0. The summed E-state index contributed by atoms with van der Waals surface area (Å²) in [5.41, 5.74) is 2.76. The molecule has 0 spiro atoms. The molecule has 16 heavy (non-hydrogen) atoms. The highest BCUT2D eigenvalue weighted by atomic mass is 14.7. The van der Waals surface area contributed by atoms with Crippen molar-refractivity contribution in [3.8, 4) is 0 Å². The standard InChI is InChI=1S/C15H19N/c1-3-7-14-13-10-6-5-9-12(13)11-16-15(14)8-4-2/h5-6,9-11H,3-4,7-8H2,1-2H3. The molecule has 2 aromatic rings. The van der Waals surface area contributed by atoms with E-state index in [0.717, 1.165) is 12.8 Å². The van der Waals surface area contributed by atoms with E-state index in [1.54, 1.807) is 0 Å². The van der Waals surface area contributed by atoms with Crippen LogP contribution in [0, 0.1) is 0 Å². The van der Waals surface area contributed by atoms with Crippen molar-refractivity contribution in [1.29, 1.82) is 0 Å². The van der Waals surface area contributed by atoms with Gasteiger partial charge in [-0.05, 0) is 23.8 Å². The molecule has 0 atom stereocenters. The molecule has 0 aliphatic rings. The van der Waals surface area contributed by atoms with E-state index in [4.69, 9.17) is 0 Å². The monoisotopic (exact) mass is 213 g/mol. The summed E-state index contributed by atoms with van der Waals surface area (Å²) in [5, 5.41) is 2.66. The van der Waals surface area contributed by atoms with Gasteiger partial charge in [0.2, 0.25) is 0 Å². The van der Waals surface area contributed by atoms with Crippen molar-refractivity contribution in [2.24, 2.45) is 0 Å². The minimum absolute atomic E-state index is 1.10. The fraction of sp³-hybridized carbons (Fsp3) is 0.400. The van der Waals surface area contributed by atoms with Crippen molar-refractivity contribution in [2.75, 3.05) is 0 Å². The Bertz CT molecular complexity index is 474. The van der Waals surface area contributed by atoms with E-state index in [0.29, 0.717) is 0 Å². The smallest absolute Gasteiger partial charge is 0.0441 e. The minimum atomic E-state index is 1.10. The van der Waals surface area contributed by atoms with Crippen LogP contribution < -0.4 is 0 Å². The zero-order valence-electron chi connectivity index (χ0n) is 10.2.